The molecule has 2 N–H and O–H groups in total. The van der Waals surface area contributed by atoms with E-state index in [2.05, 4.69) is 19.2 Å². The van der Waals surface area contributed by atoms with Gasteiger partial charge >= 0.3 is 0 Å². The standard InChI is InChI=1S/C14H23NO3/c1-10-7-12(8-11(2)18-10)15-9-14(3,16)13-5-4-6-17-13/h4-6,10-12,15-16H,7-9H2,1-3H3. The minimum atomic E-state index is -0.964. The van der Waals surface area contributed by atoms with Crippen LogP contribution in [0.3, 0.4) is 0 Å². The molecule has 2 heterocycles. The van der Waals surface area contributed by atoms with Crippen LogP contribution in [0.15, 0.2) is 22.8 Å². The predicted octanol–water partition coefficient (Wildman–Crippen LogP) is 2.03. The van der Waals surface area contributed by atoms with Gasteiger partial charge in [0, 0.05) is 12.6 Å². The molecule has 0 aromatic carbocycles. The van der Waals surface area contributed by atoms with E-state index in [1.165, 1.54) is 0 Å². The summed E-state index contributed by atoms with van der Waals surface area (Å²) >= 11 is 0. The van der Waals surface area contributed by atoms with Gasteiger partial charge in [0.1, 0.15) is 11.4 Å². The van der Waals surface area contributed by atoms with Crippen LogP contribution in [0.1, 0.15) is 39.4 Å². The maximum atomic E-state index is 10.3. The second kappa shape index (κ2) is 5.43. The van der Waals surface area contributed by atoms with Crippen LogP contribution in [0.2, 0.25) is 0 Å². The van der Waals surface area contributed by atoms with E-state index in [9.17, 15) is 5.11 Å². The van der Waals surface area contributed by atoms with Crippen molar-refractivity contribution < 1.29 is 14.3 Å². The zero-order valence-electron chi connectivity index (χ0n) is 11.3. The number of furan rings is 1. The Morgan fingerprint density at radius 1 is 1.39 bits per heavy atom. The Morgan fingerprint density at radius 2 is 2.06 bits per heavy atom. The molecule has 1 aliphatic heterocycles. The summed E-state index contributed by atoms with van der Waals surface area (Å²) in [5.41, 5.74) is -0.964. The number of nitrogens with one attached hydrogen (secondary N) is 1. The van der Waals surface area contributed by atoms with Gasteiger partial charge < -0.3 is 19.6 Å². The van der Waals surface area contributed by atoms with Crippen molar-refractivity contribution >= 4 is 0 Å². The minimum Gasteiger partial charge on any atom is -0.466 e. The summed E-state index contributed by atoms with van der Waals surface area (Å²) in [6, 6.07) is 3.99. The molecule has 0 spiro atoms. The number of rotatable bonds is 4. The van der Waals surface area contributed by atoms with Crippen molar-refractivity contribution in [2.24, 2.45) is 0 Å². The Labute approximate surface area is 108 Å². The van der Waals surface area contributed by atoms with E-state index in [0.29, 0.717) is 18.3 Å². The third-order valence-corrected chi connectivity index (χ3v) is 3.48. The summed E-state index contributed by atoms with van der Waals surface area (Å²) in [6.07, 6.45) is 4.11. The Balaban J connectivity index is 1.87. The van der Waals surface area contributed by atoms with E-state index in [1.54, 1.807) is 25.3 Å². The third-order valence-electron chi connectivity index (χ3n) is 3.48. The second-order valence-corrected chi connectivity index (χ2v) is 5.56. The van der Waals surface area contributed by atoms with E-state index in [4.69, 9.17) is 9.15 Å². The number of hydrogen-bond donors (Lipinski definition) is 2. The molecular weight excluding hydrogens is 230 g/mol. The summed E-state index contributed by atoms with van der Waals surface area (Å²) in [6.45, 7) is 6.44. The van der Waals surface area contributed by atoms with Crippen LogP contribution >= 0.6 is 0 Å². The van der Waals surface area contributed by atoms with Crippen molar-refractivity contribution in [1.29, 1.82) is 0 Å². The lowest BCUT2D eigenvalue weighted by atomic mass is 9.97. The number of hydrogen-bond acceptors (Lipinski definition) is 4. The summed E-state index contributed by atoms with van der Waals surface area (Å²) in [4.78, 5) is 0. The molecule has 1 saturated heterocycles. The molecule has 3 unspecified atom stereocenters. The molecule has 0 radical (unpaired) electrons. The quantitative estimate of drug-likeness (QED) is 0.862. The molecule has 0 bridgehead atoms. The lowest BCUT2D eigenvalue weighted by molar-refractivity contribution is -0.0473. The molecular formula is C14H23NO3. The number of ether oxygens (including phenoxy) is 1. The molecule has 3 atom stereocenters. The van der Waals surface area contributed by atoms with Crippen LogP contribution in [-0.4, -0.2) is 29.9 Å². The van der Waals surface area contributed by atoms with E-state index >= 15 is 0 Å². The molecule has 4 heteroatoms. The molecule has 1 aromatic rings. The van der Waals surface area contributed by atoms with Crippen molar-refractivity contribution in [2.45, 2.75) is 57.5 Å². The average Bonchev–Trinajstić information content (AvgIpc) is 2.79. The van der Waals surface area contributed by atoms with Crippen LogP contribution < -0.4 is 5.32 Å². The topological polar surface area (TPSA) is 54.6 Å². The van der Waals surface area contributed by atoms with Gasteiger partial charge in [-0.15, -0.1) is 0 Å². The maximum absolute atomic E-state index is 10.3. The highest BCUT2D eigenvalue weighted by Crippen LogP contribution is 2.23. The summed E-state index contributed by atoms with van der Waals surface area (Å²) in [5.74, 6) is 0.600. The minimum absolute atomic E-state index is 0.278. The number of aliphatic hydroxyl groups is 1. The zero-order chi connectivity index (χ0) is 13.2. The fourth-order valence-corrected chi connectivity index (χ4v) is 2.59. The molecule has 1 aromatic heterocycles. The maximum Gasteiger partial charge on any atom is 0.136 e. The highest BCUT2D eigenvalue weighted by atomic mass is 16.5. The highest BCUT2D eigenvalue weighted by molar-refractivity contribution is 5.08. The fraction of sp³-hybridized carbons (Fsp3) is 0.714. The van der Waals surface area contributed by atoms with Crippen LogP contribution in [0.25, 0.3) is 0 Å². The SMILES string of the molecule is CC1CC(NCC(C)(O)c2ccco2)CC(C)O1. The summed E-state index contributed by atoms with van der Waals surface area (Å²) in [7, 11) is 0. The van der Waals surface area contributed by atoms with Gasteiger partial charge in [-0.25, -0.2) is 0 Å². The fourth-order valence-electron chi connectivity index (χ4n) is 2.59. The molecule has 4 nitrogen and oxygen atoms in total. The van der Waals surface area contributed by atoms with Crippen molar-refractivity contribution in [1.82, 2.24) is 5.32 Å². The van der Waals surface area contributed by atoms with Gasteiger partial charge in [0.2, 0.25) is 0 Å². The Morgan fingerprint density at radius 3 is 2.61 bits per heavy atom. The van der Waals surface area contributed by atoms with Crippen LogP contribution in [0, 0.1) is 0 Å². The molecule has 0 amide bonds. The second-order valence-electron chi connectivity index (χ2n) is 5.56. The van der Waals surface area contributed by atoms with E-state index in [-0.39, 0.29) is 12.2 Å². The molecule has 1 aliphatic rings. The lowest BCUT2D eigenvalue weighted by Crippen LogP contribution is -2.46. The normalized spacial score (nSPS) is 32.1. The first-order chi connectivity index (χ1) is 8.47. The Hall–Kier alpha value is -0.840. The van der Waals surface area contributed by atoms with Gasteiger partial charge in [0.15, 0.2) is 0 Å². The van der Waals surface area contributed by atoms with Crippen molar-refractivity contribution in [3.63, 3.8) is 0 Å². The summed E-state index contributed by atoms with van der Waals surface area (Å²) in [5, 5.41) is 13.8. The van der Waals surface area contributed by atoms with Crippen molar-refractivity contribution in [2.75, 3.05) is 6.54 Å². The van der Waals surface area contributed by atoms with Gasteiger partial charge in [-0.1, -0.05) is 0 Å². The van der Waals surface area contributed by atoms with Gasteiger partial charge in [-0.3, -0.25) is 0 Å². The Kier molecular flexibility index (Phi) is 4.10. The van der Waals surface area contributed by atoms with E-state index < -0.39 is 5.60 Å². The largest absolute Gasteiger partial charge is 0.466 e. The molecule has 2 rings (SSSR count). The molecule has 18 heavy (non-hydrogen) atoms. The van der Waals surface area contributed by atoms with Crippen LogP contribution in [0.5, 0.6) is 0 Å². The average molecular weight is 253 g/mol. The van der Waals surface area contributed by atoms with Crippen LogP contribution in [0.4, 0.5) is 0 Å². The third kappa shape index (κ3) is 3.34. The van der Waals surface area contributed by atoms with Gasteiger partial charge in [0.25, 0.3) is 0 Å². The van der Waals surface area contributed by atoms with Gasteiger partial charge in [-0.05, 0) is 45.7 Å². The van der Waals surface area contributed by atoms with Gasteiger partial charge in [-0.2, -0.15) is 0 Å². The predicted molar refractivity (Wildman–Crippen MR) is 69.3 cm³/mol. The first-order valence-electron chi connectivity index (χ1n) is 6.62. The van der Waals surface area contributed by atoms with E-state index in [0.717, 1.165) is 12.8 Å². The monoisotopic (exact) mass is 253 g/mol. The first-order valence-corrected chi connectivity index (χ1v) is 6.62. The van der Waals surface area contributed by atoms with Crippen molar-refractivity contribution in [3.05, 3.63) is 24.2 Å². The molecule has 1 fully saturated rings. The molecule has 0 saturated carbocycles. The zero-order valence-corrected chi connectivity index (χ0v) is 11.3. The van der Waals surface area contributed by atoms with Crippen LogP contribution in [-0.2, 0) is 10.3 Å². The first kappa shape index (κ1) is 13.6. The molecule has 0 aliphatic carbocycles. The molecule has 102 valence electrons. The van der Waals surface area contributed by atoms with Gasteiger partial charge in [0.05, 0.1) is 18.5 Å². The van der Waals surface area contributed by atoms with Crippen molar-refractivity contribution in [3.8, 4) is 0 Å². The smallest absolute Gasteiger partial charge is 0.136 e. The van der Waals surface area contributed by atoms with E-state index in [1.807, 2.05) is 0 Å². The summed E-state index contributed by atoms with van der Waals surface area (Å²) < 4.78 is 11.0. The Bertz CT molecular complexity index is 351. The lowest BCUT2D eigenvalue weighted by Gasteiger charge is -2.34. The highest BCUT2D eigenvalue weighted by Gasteiger charge is 2.29.